The van der Waals surface area contributed by atoms with E-state index in [1.165, 1.54) is 32.3 Å². The molecule has 2 aliphatic rings. The maximum Gasteiger partial charge on any atom is 0.433 e. The Morgan fingerprint density at radius 3 is 2.50 bits per heavy atom. The monoisotopic (exact) mass is 563 g/mol. The third-order valence-electron chi connectivity index (χ3n) is 5.92. The summed E-state index contributed by atoms with van der Waals surface area (Å²) >= 11 is 1.04. The first-order valence-corrected chi connectivity index (χ1v) is 11.7. The lowest BCUT2D eigenvalue weighted by molar-refractivity contribution is -0.163. The van der Waals surface area contributed by atoms with Crippen molar-refractivity contribution in [2.24, 2.45) is 4.99 Å². The number of thiazole rings is 1. The molecule has 0 saturated carbocycles. The van der Waals surface area contributed by atoms with E-state index < -0.39 is 60.7 Å². The molecule has 4 amide bonds. The van der Waals surface area contributed by atoms with E-state index in [1.54, 1.807) is 0 Å². The molecular weight excluding hydrogens is 544 g/mol. The Morgan fingerprint density at radius 1 is 1.21 bits per heavy atom. The SMILES string of the molecule is Cc1cc(-c2nc(NC(=O)[C@H](C)N3C=NC4C3C(=O)N(CC(F)(F)F)C(=O)N4C)cs2)cnc1C(F)(F)F. The van der Waals surface area contributed by atoms with Crippen molar-refractivity contribution in [1.29, 1.82) is 0 Å². The van der Waals surface area contributed by atoms with Gasteiger partial charge in [-0.2, -0.15) is 26.3 Å². The lowest BCUT2D eigenvalue weighted by Gasteiger charge is -2.42. The fraction of sp³-hybridized carbons (Fsp3) is 0.429. The van der Waals surface area contributed by atoms with E-state index in [-0.39, 0.29) is 21.3 Å². The van der Waals surface area contributed by atoms with Gasteiger partial charge in [0.05, 0.1) is 6.34 Å². The number of alkyl halides is 6. The number of aromatic nitrogens is 2. The number of nitrogens with zero attached hydrogens (tertiary/aromatic N) is 6. The minimum Gasteiger partial charge on any atom is -0.335 e. The van der Waals surface area contributed by atoms with Crippen molar-refractivity contribution in [2.75, 3.05) is 18.9 Å². The van der Waals surface area contributed by atoms with E-state index in [0.717, 1.165) is 33.7 Å². The molecule has 0 bridgehead atoms. The standard InChI is InChI=1S/C21H19F6N7O3S/c1-9-4-11(5-28-14(9)21(25,26)27)17-31-12(6-38-17)30-16(35)10(2)34-8-29-15-13(34)18(36)33(7-20(22,23)24)19(37)32(15)3/h4-6,8,10,13,15H,7H2,1-3H3,(H,30,35)/t10-,13?,15?/m0/s1. The number of carbonyl (C=O) groups is 3. The molecule has 0 aliphatic carbocycles. The van der Waals surface area contributed by atoms with Crippen molar-refractivity contribution < 1.29 is 40.7 Å². The van der Waals surface area contributed by atoms with Crippen molar-refractivity contribution in [3.63, 3.8) is 0 Å². The van der Waals surface area contributed by atoms with Crippen LogP contribution in [0.25, 0.3) is 10.6 Å². The minimum atomic E-state index is -4.82. The summed E-state index contributed by atoms with van der Waals surface area (Å²) in [6.45, 7) is 0.861. The van der Waals surface area contributed by atoms with Gasteiger partial charge in [0.2, 0.25) is 5.91 Å². The molecule has 2 unspecified atom stereocenters. The van der Waals surface area contributed by atoms with E-state index in [4.69, 9.17) is 0 Å². The summed E-state index contributed by atoms with van der Waals surface area (Å²) < 4.78 is 77.8. The molecule has 17 heteroatoms. The molecular formula is C21H19F6N7O3S. The molecule has 2 aromatic rings. The maximum absolute atomic E-state index is 13.0. The number of amides is 4. The van der Waals surface area contributed by atoms with Crippen LogP contribution in [-0.4, -0.2) is 86.9 Å². The third-order valence-corrected chi connectivity index (χ3v) is 6.81. The number of fused-ring (bicyclic) bond motifs is 1. The van der Waals surface area contributed by atoms with Gasteiger partial charge < -0.3 is 15.1 Å². The average molecular weight is 563 g/mol. The van der Waals surface area contributed by atoms with E-state index in [2.05, 4.69) is 20.3 Å². The number of hydrogen-bond donors (Lipinski definition) is 1. The molecule has 0 radical (unpaired) electrons. The summed E-state index contributed by atoms with van der Waals surface area (Å²) in [4.78, 5) is 51.9. The molecule has 1 fully saturated rings. The number of carbonyl (C=O) groups excluding carboxylic acids is 3. The smallest absolute Gasteiger partial charge is 0.335 e. The Bertz CT molecular complexity index is 1310. The van der Waals surface area contributed by atoms with E-state index in [9.17, 15) is 40.7 Å². The van der Waals surface area contributed by atoms with Crippen LogP contribution in [0.15, 0.2) is 22.6 Å². The molecule has 38 heavy (non-hydrogen) atoms. The highest BCUT2D eigenvalue weighted by molar-refractivity contribution is 7.13. The van der Waals surface area contributed by atoms with Gasteiger partial charge in [0, 0.05) is 24.2 Å². The highest BCUT2D eigenvalue weighted by Gasteiger charge is 2.53. The van der Waals surface area contributed by atoms with Crippen molar-refractivity contribution in [1.82, 2.24) is 24.7 Å². The molecule has 3 atom stereocenters. The van der Waals surface area contributed by atoms with Crippen LogP contribution in [0.4, 0.5) is 37.0 Å². The van der Waals surface area contributed by atoms with Crippen LogP contribution in [0.3, 0.4) is 0 Å². The van der Waals surface area contributed by atoms with Crippen LogP contribution in [-0.2, 0) is 15.8 Å². The highest BCUT2D eigenvalue weighted by atomic mass is 32.1. The van der Waals surface area contributed by atoms with Gasteiger partial charge in [-0.1, -0.05) is 0 Å². The molecule has 4 heterocycles. The van der Waals surface area contributed by atoms with Gasteiger partial charge in [0.1, 0.15) is 29.1 Å². The number of rotatable bonds is 5. The normalized spacial score (nSPS) is 20.7. The number of aliphatic imine (C=N–C) groups is 1. The van der Waals surface area contributed by atoms with Crippen LogP contribution >= 0.6 is 11.3 Å². The van der Waals surface area contributed by atoms with Crippen molar-refractivity contribution in [3.8, 4) is 10.6 Å². The van der Waals surface area contributed by atoms with Crippen molar-refractivity contribution >= 4 is 41.3 Å². The van der Waals surface area contributed by atoms with Gasteiger partial charge in [-0.15, -0.1) is 11.3 Å². The quantitative estimate of drug-likeness (QED) is 0.559. The third kappa shape index (κ3) is 5.14. The Balaban J connectivity index is 1.48. The predicted octanol–water partition coefficient (Wildman–Crippen LogP) is 3.35. The van der Waals surface area contributed by atoms with E-state index >= 15 is 0 Å². The number of hydrogen-bond acceptors (Lipinski definition) is 8. The molecule has 1 N–H and O–H groups in total. The summed E-state index contributed by atoms with van der Waals surface area (Å²) in [6.07, 6.45) is -8.40. The van der Waals surface area contributed by atoms with E-state index in [0.29, 0.717) is 5.56 Å². The summed E-state index contributed by atoms with van der Waals surface area (Å²) in [5.41, 5.74) is -0.828. The molecule has 2 aliphatic heterocycles. The molecule has 10 nitrogen and oxygen atoms in total. The lowest BCUT2D eigenvalue weighted by atomic mass is 10.1. The molecule has 4 rings (SSSR count). The fourth-order valence-electron chi connectivity index (χ4n) is 4.06. The van der Waals surface area contributed by atoms with Gasteiger partial charge in [-0.25, -0.2) is 14.8 Å². The second-order valence-corrected chi connectivity index (χ2v) is 9.45. The highest BCUT2D eigenvalue weighted by Crippen LogP contribution is 2.34. The second-order valence-electron chi connectivity index (χ2n) is 8.59. The number of imide groups is 1. The zero-order valence-corrected chi connectivity index (χ0v) is 20.6. The Kier molecular flexibility index (Phi) is 6.83. The van der Waals surface area contributed by atoms with Gasteiger partial charge >= 0.3 is 18.4 Å². The number of likely N-dealkylation sites (N-methyl/N-ethyl adjacent to an activating group) is 1. The largest absolute Gasteiger partial charge is 0.433 e. The number of aryl methyl sites for hydroxylation is 1. The topological polar surface area (TPSA) is 111 Å². The summed E-state index contributed by atoms with van der Waals surface area (Å²) in [5, 5.41) is 4.23. The first kappa shape index (κ1) is 27.3. The van der Waals surface area contributed by atoms with Crippen LogP contribution in [0.2, 0.25) is 0 Å². The number of pyridine rings is 1. The fourth-order valence-corrected chi connectivity index (χ4v) is 4.79. The molecule has 0 spiro atoms. The molecule has 2 aromatic heterocycles. The summed E-state index contributed by atoms with van der Waals surface area (Å²) in [5.74, 6) is -1.77. The number of anilines is 1. The van der Waals surface area contributed by atoms with Crippen LogP contribution in [0.5, 0.6) is 0 Å². The van der Waals surface area contributed by atoms with Crippen LogP contribution < -0.4 is 5.32 Å². The lowest BCUT2D eigenvalue weighted by Crippen LogP contribution is -2.67. The molecule has 0 aromatic carbocycles. The Morgan fingerprint density at radius 2 is 1.89 bits per heavy atom. The Hall–Kier alpha value is -3.76. The van der Waals surface area contributed by atoms with Crippen molar-refractivity contribution in [3.05, 3.63) is 28.9 Å². The van der Waals surface area contributed by atoms with Gasteiger partial charge in [-0.3, -0.25) is 19.5 Å². The molecule has 1 saturated heterocycles. The summed E-state index contributed by atoms with van der Waals surface area (Å²) in [7, 11) is 1.20. The first-order valence-electron chi connectivity index (χ1n) is 10.8. The second kappa shape index (κ2) is 9.52. The zero-order chi connectivity index (χ0) is 28.2. The van der Waals surface area contributed by atoms with Gasteiger partial charge in [0.15, 0.2) is 12.2 Å². The van der Waals surface area contributed by atoms with Crippen LogP contribution in [0, 0.1) is 6.92 Å². The minimum absolute atomic E-state index is 0.0630. The predicted molar refractivity (Wildman–Crippen MR) is 122 cm³/mol. The zero-order valence-electron chi connectivity index (χ0n) is 19.8. The number of nitrogens with one attached hydrogen (secondary N) is 1. The summed E-state index contributed by atoms with van der Waals surface area (Å²) in [6, 6.07) is -2.36. The Labute approximate surface area is 215 Å². The van der Waals surface area contributed by atoms with Crippen molar-refractivity contribution in [2.45, 2.75) is 44.4 Å². The first-order chi connectivity index (χ1) is 17.6. The van der Waals surface area contributed by atoms with Crippen LogP contribution in [0.1, 0.15) is 18.2 Å². The van der Waals surface area contributed by atoms with E-state index in [1.807, 2.05) is 0 Å². The maximum atomic E-state index is 13.0. The number of halogens is 6. The van der Waals surface area contributed by atoms with Gasteiger partial charge in [0.25, 0.3) is 5.91 Å². The molecule has 204 valence electrons. The average Bonchev–Trinajstić information content (AvgIpc) is 3.46. The van der Waals surface area contributed by atoms with Gasteiger partial charge in [-0.05, 0) is 25.5 Å². The number of urea groups is 1.